The highest BCUT2D eigenvalue weighted by Gasteiger charge is 2.27. The normalized spacial score (nSPS) is 16.6. The average molecular weight is 457 g/mol. The van der Waals surface area contributed by atoms with E-state index in [0.717, 1.165) is 54.3 Å². The van der Waals surface area contributed by atoms with E-state index >= 15 is 0 Å². The molecule has 174 valence electrons. The fourth-order valence-electron chi connectivity index (χ4n) is 4.55. The van der Waals surface area contributed by atoms with Gasteiger partial charge in [-0.1, -0.05) is 30.3 Å². The van der Waals surface area contributed by atoms with Crippen LogP contribution in [-0.2, 0) is 11.2 Å². The fraction of sp³-hybridized carbons (Fsp3) is 0.360. The molecule has 9 heteroatoms. The van der Waals surface area contributed by atoms with Crippen LogP contribution in [0.5, 0.6) is 0 Å². The summed E-state index contributed by atoms with van der Waals surface area (Å²) in [5.41, 5.74) is 3.06. The maximum absolute atomic E-state index is 12.4. The lowest BCUT2D eigenvalue weighted by Gasteiger charge is -2.32. The lowest BCUT2D eigenvalue weighted by Crippen LogP contribution is -2.45. The van der Waals surface area contributed by atoms with E-state index < -0.39 is 0 Å². The van der Waals surface area contributed by atoms with E-state index in [1.807, 2.05) is 53.2 Å². The number of piperidine rings is 1. The first-order chi connectivity index (χ1) is 16.7. The minimum Gasteiger partial charge on any atom is -0.353 e. The molecule has 6 rings (SSSR count). The van der Waals surface area contributed by atoms with E-state index in [9.17, 15) is 4.79 Å². The van der Waals surface area contributed by atoms with E-state index in [4.69, 9.17) is 10.1 Å². The second kappa shape index (κ2) is 8.81. The summed E-state index contributed by atoms with van der Waals surface area (Å²) < 4.78 is 1.86. The van der Waals surface area contributed by atoms with Crippen molar-refractivity contribution in [1.29, 1.82) is 0 Å². The summed E-state index contributed by atoms with van der Waals surface area (Å²) in [6.07, 6.45) is 6.51. The third-order valence-electron chi connectivity index (χ3n) is 6.58. The van der Waals surface area contributed by atoms with E-state index in [2.05, 4.69) is 31.8 Å². The number of anilines is 3. The number of nitrogens with one attached hydrogen (secondary N) is 3. The maximum atomic E-state index is 12.4. The molecule has 2 aliphatic rings. The molecule has 0 unspecified atom stereocenters. The Bertz CT molecular complexity index is 1280. The molecule has 9 nitrogen and oxygen atoms in total. The van der Waals surface area contributed by atoms with E-state index in [-0.39, 0.29) is 11.9 Å². The molecule has 1 saturated heterocycles. The Labute approximate surface area is 197 Å². The molecule has 1 saturated carbocycles. The molecule has 2 fully saturated rings. The number of aromatic amines is 1. The van der Waals surface area contributed by atoms with Crippen LogP contribution in [0.2, 0.25) is 0 Å². The maximum Gasteiger partial charge on any atom is 0.245 e. The molecule has 3 N–H and O–H groups in total. The Morgan fingerprint density at radius 2 is 1.88 bits per heavy atom. The summed E-state index contributed by atoms with van der Waals surface area (Å²) in [5.74, 6) is 2.94. The van der Waals surface area contributed by atoms with Crippen molar-refractivity contribution in [3.8, 4) is 0 Å². The molecule has 1 amide bonds. The average Bonchev–Trinajstić information content (AvgIpc) is 3.40. The van der Waals surface area contributed by atoms with Gasteiger partial charge in [0.1, 0.15) is 11.3 Å². The quantitative estimate of drug-likeness (QED) is 0.394. The number of rotatable bonds is 7. The van der Waals surface area contributed by atoms with Gasteiger partial charge in [0.2, 0.25) is 11.9 Å². The lowest BCUT2D eigenvalue weighted by molar-refractivity contribution is -0.121. The summed E-state index contributed by atoms with van der Waals surface area (Å²) in [4.78, 5) is 19.5. The summed E-state index contributed by atoms with van der Waals surface area (Å²) in [6.45, 7) is 1.58. The Hall–Kier alpha value is -3.88. The number of fused-ring (bicyclic) bond motifs is 1. The van der Waals surface area contributed by atoms with Crippen molar-refractivity contribution in [2.75, 3.05) is 23.3 Å². The van der Waals surface area contributed by atoms with Gasteiger partial charge in [-0.25, -0.2) is 4.52 Å². The molecule has 0 spiro atoms. The van der Waals surface area contributed by atoms with Crippen LogP contribution in [-0.4, -0.2) is 49.8 Å². The van der Waals surface area contributed by atoms with Gasteiger partial charge in [-0.3, -0.25) is 9.89 Å². The number of hydrogen-bond acceptors (Lipinski definition) is 6. The second-order valence-corrected chi connectivity index (χ2v) is 9.20. The highest BCUT2D eigenvalue weighted by Crippen LogP contribution is 2.39. The zero-order valence-corrected chi connectivity index (χ0v) is 18.9. The topological polar surface area (TPSA) is 103 Å². The molecule has 0 atom stereocenters. The number of benzene rings is 1. The number of carbonyl (C=O) groups is 1. The zero-order valence-electron chi connectivity index (χ0n) is 18.9. The monoisotopic (exact) mass is 456 g/mol. The van der Waals surface area contributed by atoms with Crippen molar-refractivity contribution >= 4 is 29.0 Å². The summed E-state index contributed by atoms with van der Waals surface area (Å²) in [7, 11) is 0. The summed E-state index contributed by atoms with van der Waals surface area (Å²) in [5, 5.41) is 18.8. The predicted molar refractivity (Wildman–Crippen MR) is 130 cm³/mol. The van der Waals surface area contributed by atoms with Gasteiger partial charge in [-0.05, 0) is 43.4 Å². The fourth-order valence-corrected chi connectivity index (χ4v) is 4.55. The van der Waals surface area contributed by atoms with Crippen LogP contribution in [0, 0.1) is 0 Å². The van der Waals surface area contributed by atoms with Crippen molar-refractivity contribution in [2.45, 2.75) is 44.1 Å². The lowest BCUT2D eigenvalue weighted by atomic mass is 10.0. The van der Waals surface area contributed by atoms with Gasteiger partial charge < -0.3 is 15.5 Å². The molecule has 1 aliphatic heterocycles. The third kappa shape index (κ3) is 4.46. The Kier molecular flexibility index (Phi) is 5.37. The van der Waals surface area contributed by atoms with Crippen LogP contribution >= 0.6 is 0 Å². The largest absolute Gasteiger partial charge is 0.353 e. The van der Waals surface area contributed by atoms with Crippen LogP contribution in [0.3, 0.4) is 0 Å². The molecule has 0 bridgehead atoms. The van der Waals surface area contributed by atoms with Gasteiger partial charge in [0.05, 0.1) is 12.1 Å². The first-order valence-electron chi connectivity index (χ1n) is 12.0. The van der Waals surface area contributed by atoms with Crippen molar-refractivity contribution < 1.29 is 4.79 Å². The number of aromatic nitrogens is 5. The first-order valence-corrected chi connectivity index (χ1v) is 12.0. The molecule has 34 heavy (non-hydrogen) atoms. The Morgan fingerprint density at radius 3 is 2.68 bits per heavy atom. The van der Waals surface area contributed by atoms with Crippen molar-refractivity contribution in [2.24, 2.45) is 0 Å². The summed E-state index contributed by atoms with van der Waals surface area (Å²) >= 11 is 0. The van der Waals surface area contributed by atoms with Gasteiger partial charge in [-0.15, -0.1) is 5.10 Å². The molecule has 3 aromatic heterocycles. The number of H-pyrrole nitrogens is 1. The first kappa shape index (κ1) is 20.7. The van der Waals surface area contributed by atoms with Crippen molar-refractivity contribution in [3.05, 3.63) is 66.0 Å². The Morgan fingerprint density at radius 1 is 1.06 bits per heavy atom. The highest BCUT2D eigenvalue weighted by atomic mass is 16.1. The van der Waals surface area contributed by atoms with E-state index in [0.29, 0.717) is 18.3 Å². The molecule has 4 aromatic rings. The molecule has 0 radical (unpaired) electrons. The molecule has 1 aliphatic carbocycles. The van der Waals surface area contributed by atoms with Crippen LogP contribution in [0.1, 0.15) is 42.9 Å². The molecule has 4 heterocycles. The molecular weight excluding hydrogens is 428 g/mol. The third-order valence-corrected chi connectivity index (χ3v) is 6.58. The van der Waals surface area contributed by atoms with Gasteiger partial charge in [0, 0.05) is 37.3 Å². The number of carbonyl (C=O) groups excluding carboxylic acids is 1. The molecular formula is C25H28N8O. The van der Waals surface area contributed by atoms with Crippen molar-refractivity contribution in [1.82, 2.24) is 30.1 Å². The van der Waals surface area contributed by atoms with Crippen molar-refractivity contribution in [3.63, 3.8) is 0 Å². The number of nitrogens with zero attached hydrogens (tertiary/aromatic N) is 5. The van der Waals surface area contributed by atoms with Gasteiger partial charge >= 0.3 is 0 Å². The van der Waals surface area contributed by atoms with Gasteiger partial charge in [0.15, 0.2) is 5.82 Å². The van der Waals surface area contributed by atoms with Crippen LogP contribution < -0.4 is 15.5 Å². The highest BCUT2D eigenvalue weighted by molar-refractivity contribution is 5.79. The standard InChI is InChI=1S/C25H28N8O/c34-23(15-17-5-2-1-3-6-17)26-19-10-13-32(14-11-19)25-28-24(21-7-4-12-33(21)31-25)27-22-16-20(29-30-22)18-8-9-18/h1-7,12,16,18-19H,8-11,13-15H2,(H,26,34)(H2,27,28,29,30,31). The van der Waals surface area contributed by atoms with Crippen LogP contribution in [0.4, 0.5) is 17.6 Å². The van der Waals surface area contributed by atoms with E-state index in [1.165, 1.54) is 12.8 Å². The predicted octanol–water partition coefficient (Wildman–Crippen LogP) is 3.40. The smallest absolute Gasteiger partial charge is 0.245 e. The summed E-state index contributed by atoms with van der Waals surface area (Å²) in [6, 6.07) is 16.1. The van der Waals surface area contributed by atoms with Crippen LogP contribution in [0.25, 0.3) is 5.52 Å². The SMILES string of the molecule is O=C(Cc1ccccc1)NC1CCN(c2nc(Nc3cc(C4CC4)n[nH]3)c3cccn3n2)CC1. The van der Waals surface area contributed by atoms with Crippen LogP contribution in [0.15, 0.2) is 54.7 Å². The Balaban J connectivity index is 1.11. The minimum atomic E-state index is 0.0753. The van der Waals surface area contributed by atoms with Gasteiger partial charge in [0.25, 0.3) is 0 Å². The number of hydrogen-bond donors (Lipinski definition) is 3. The second-order valence-electron chi connectivity index (χ2n) is 9.20. The molecule has 1 aromatic carbocycles. The number of amides is 1. The van der Waals surface area contributed by atoms with Gasteiger partial charge in [-0.2, -0.15) is 10.1 Å². The zero-order chi connectivity index (χ0) is 22.9. The van der Waals surface area contributed by atoms with E-state index in [1.54, 1.807) is 0 Å². The minimum absolute atomic E-state index is 0.0753.